The summed E-state index contributed by atoms with van der Waals surface area (Å²) in [5.74, 6) is -1.22. The maximum atomic E-state index is 13.4. The van der Waals surface area contributed by atoms with E-state index in [1.54, 1.807) is 6.92 Å². The van der Waals surface area contributed by atoms with Gasteiger partial charge in [0.15, 0.2) is 0 Å². The van der Waals surface area contributed by atoms with Crippen LogP contribution in [0, 0.1) is 15.9 Å². The Bertz CT molecular complexity index is 608. The minimum atomic E-state index is -0.681. The summed E-state index contributed by atoms with van der Waals surface area (Å²) in [5.41, 5.74) is -0.624. The molecule has 1 aromatic rings. The van der Waals surface area contributed by atoms with Gasteiger partial charge in [-0.25, -0.2) is 4.39 Å². The first-order valence-electron chi connectivity index (χ1n) is 7.45. The zero-order valence-electron chi connectivity index (χ0n) is 13.1. The summed E-state index contributed by atoms with van der Waals surface area (Å²) in [6, 6.07) is 2.71. The zero-order valence-corrected chi connectivity index (χ0v) is 13.1. The van der Waals surface area contributed by atoms with Crippen LogP contribution in [0.2, 0.25) is 0 Å². The summed E-state index contributed by atoms with van der Waals surface area (Å²) in [7, 11) is 0. The molecule has 7 nitrogen and oxygen atoms in total. The van der Waals surface area contributed by atoms with Crippen molar-refractivity contribution >= 4 is 11.6 Å². The number of halogens is 1. The van der Waals surface area contributed by atoms with Crippen molar-refractivity contribution in [3.63, 3.8) is 0 Å². The summed E-state index contributed by atoms with van der Waals surface area (Å²) in [6.07, 6.45) is -0.464. The van der Waals surface area contributed by atoms with Gasteiger partial charge in [0.2, 0.25) is 0 Å². The van der Waals surface area contributed by atoms with Crippen LogP contribution in [0.1, 0.15) is 24.2 Å². The molecular formula is C15H20FN3O4. The standard InChI is InChI=1S/C15H20FN3O4/c1-10-8-17(9-11(2)20)5-6-18(10)15(21)13-7-12(16)3-4-14(13)19(22)23/h3-4,7,10-11,20H,5-6,8-9H2,1-2H3/t10-,11+/m1/s1. The minimum absolute atomic E-state index is 0.183. The molecule has 1 N–H and O–H groups in total. The molecule has 0 saturated carbocycles. The quantitative estimate of drug-likeness (QED) is 0.665. The molecule has 1 saturated heterocycles. The second-order valence-electron chi connectivity index (χ2n) is 5.87. The lowest BCUT2D eigenvalue weighted by atomic mass is 10.1. The number of aliphatic hydroxyl groups is 1. The summed E-state index contributed by atoms with van der Waals surface area (Å²) in [6.45, 7) is 5.52. The highest BCUT2D eigenvalue weighted by molar-refractivity contribution is 5.98. The monoisotopic (exact) mass is 325 g/mol. The number of benzene rings is 1. The molecule has 1 amide bonds. The van der Waals surface area contributed by atoms with Gasteiger partial charge < -0.3 is 10.0 Å². The van der Waals surface area contributed by atoms with E-state index in [2.05, 4.69) is 0 Å². The number of carbonyl (C=O) groups is 1. The topological polar surface area (TPSA) is 86.9 Å². The molecule has 1 aromatic carbocycles. The van der Waals surface area contributed by atoms with Crippen LogP contribution in [0.5, 0.6) is 0 Å². The predicted molar refractivity (Wildman–Crippen MR) is 81.7 cm³/mol. The van der Waals surface area contributed by atoms with Crippen molar-refractivity contribution in [1.29, 1.82) is 0 Å². The van der Waals surface area contributed by atoms with Gasteiger partial charge in [-0.2, -0.15) is 0 Å². The number of piperazine rings is 1. The lowest BCUT2D eigenvalue weighted by Gasteiger charge is -2.40. The van der Waals surface area contributed by atoms with Crippen molar-refractivity contribution in [2.45, 2.75) is 26.0 Å². The Balaban J connectivity index is 2.18. The minimum Gasteiger partial charge on any atom is -0.392 e. The van der Waals surface area contributed by atoms with Crippen molar-refractivity contribution in [3.8, 4) is 0 Å². The fourth-order valence-electron chi connectivity index (χ4n) is 2.87. The van der Waals surface area contributed by atoms with E-state index in [4.69, 9.17) is 0 Å². The first-order chi connectivity index (χ1) is 10.8. The summed E-state index contributed by atoms with van der Waals surface area (Å²) in [5, 5.41) is 20.5. The van der Waals surface area contributed by atoms with Crippen LogP contribution in [-0.4, -0.2) is 64.1 Å². The second kappa shape index (κ2) is 7.01. The number of rotatable bonds is 4. The molecule has 0 bridgehead atoms. The third-order valence-corrected chi connectivity index (χ3v) is 3.88. The summed E-state index contributed by atoms with van der Waals surface area (Å²) < 4.78 is 13.4. The van der Waals surface area contributed by atoms with Crippen molar-refractivity contribution in [2.75, 3.05) is 26.2 Å². The van der Waals surface area contributed by atoms with E-state index in [0.717, 1.165) is 18.2 Å². The molecule has 1 fully saturated rings. The van der Waals surface area contributed by atoms with Gasteiger partial charge in [-0.3, -0.25) is 19.8 Å². The maximum absolute atomic E-state index is 13.4. The molecule has 1 aliphatic heterocycles. The number of aliphatic hydroxyl groups excluding tert-OH is 1. The average molecular weight is 325 g/mol. The molecular weight excluding hydrogens is 305 g/mol. The number of amides is 1. The molecule has 126 valence electrons. The van der Waals surface area contributed by atoms with Crippen molar-refractivity contribution in [3.05, 3.63) is 39.7 Å². The number of nitro groups is 1. The lowest BCUT2D eigenvalue weighted by Crippen LogP contribution is -2.55. The Hall–Kier alpha value is -2.06. The van der Waals surface area contributed by atoms with Crippen molar-refractivity contribution in [1.82, 2.24) is 9.80 Å². The van der Waals surface area contributed by atoms with Crippen LogP contribution in [-0.2, 0) is 0 Å². The highest BCUT2D eigenvalue weighted by Gasteiger charge is 2.32. The molecule has 1 aliphatic rings. The third-order valence-electron chi connectivity index (χ3n) is 3.88. The Morgan fingerprint density at radius 3 is 2.78 bits per heavy atom. The van der Waals surface area contributed by atoms with Crippen LogP contribution in [0.3, 0.4) is 0 Å². The van der Waals surface area contributed by atoms with E-state index in [1.807, 2.05) is 11.8 Å². The normalized spacial score (nSPS) is 20.3. The fourth-order valence-corrected chi connectivity index (χ4v) is 2.87. The van der Waals surface area contributed by atoms with Crippen LogP contribution in [0.4, 0.5) is 10.1 Å². The number of hydrogen-bond acceptors (Lipinski definition) is 5. The number of nitrogens with zero attached hydrogens (tertiary/aromatic N) is 3. The molecule has 0 unspecified atom stereocenters. The van der Waals surface area contributed by atoms with Crippen LogP contribution < -0.4 is 0 Å². The van der Waals surface area contributed by atoms with Gasteiger partial charge >= 0.3 is 0 Å². The molecule has 1 heterocycles. The SMILES string of the molecule is C[C@H](O)CN1CCN(C(=O)c2cc(F)ccc2[N+](=O)[O-])[C@H](C)C1. The summed E-state index contributed by atoms with van der Waals surface area (Å²) >= 11 is 0. The van der Waals surface area contributed by atoms with E-state index in [9.17, 15) is 24.4 Å². The Morgan fingerprint density at radius 2 is 2.22 bits per heavy atom. The molecule has 8 heteroatoms. The number of hydrogen-bond donors (Lipinski definition) is 1. The number of β-amino-alcohol motifs (C(OH)–C–C–N with tert-alkyl or cyclic N) is 1. The Labute approximate surface area is 133 Å². The lowest BCUT2D eigenvalue weighted by molar-refractivity contribution is -0.385. The number of carbonyl (C=O) groups excluding carboxylic acids is 1. The van der Waals surface area contributed by atoms with Gasteiger partial charge in [-0.1, -0.05) is 0 Å². The largest absolute Gasteiger partial charge is 0.392 e. The van der Waals surface area contributed by atoms with E-state index < -0.39 is 28.4 Å². The molecule has 2 atom stereocenters. The van der Waals surface area contributed by atoms with Crippen LogP contribution in [0.25, 0.3) is 0 Å². The maximum Gasteiger partial charge on any atom is 0.282 e. The first-order valence-corrected chi connectivity index (χ1v) is 7.45. The summed E-state index contributed by atoms with van der Waals surface area (Å²) in [4.78, 5) is 26.5. The van der Waals surface area contributed by atoms with Gasteiger partial charge in [0.05, 0.1) is 11.0 Å². The van der Waals surface area contributed by atoms with Gasteiger partial charge in [0.1, 0.15) is 11.4 Å². The van der Waals surface area contributed by atoms with Crippen molar-refractivity contribution < 1.29 is 19.2 Å². The van der Waals surface area contributed by atoms with Gasteiger partial charge in [-0.15, -0.1) is 0 Å². The first kappa shape index (κ1) is 17.3. The molecule has 2 rings (SSSR count). The number of nitro benzene ring substituents is 1. The third kappa shape index (κ3) is 4.02. The predicted octanol–water partition coefficient (Wildman–Crippen LogP) is 1.26. The smallest absolute Gasteiger partial charge is 0.282 e. The molecule has 0 spiro atoms. The van der Waals surface area contributed by atoms with E-state index in [1.165, 1.54) is 4.90 Å². The zero-order chi connectivity index (χ0) is 17.1. The highest BCUT2D eigenvalue weighted by Crippen LogP contribution is 2.23. The Morgan fingerprint density at radius 1 is 1.52 bits per heavy atom. The highest BCUT2D eigenvalue weighted by atomic mass is 19.1. The second-order valence-corrected chi connectivity index (χ2v) is 5.87. The molecule has 0 aromatic heterocycles. The van der Waals surface area contributed by atoms with Crippen LogP contribution >= 0.6 is 0 Å². The molecule has 23 heavy (non-hydrogen) atoms. The average Bonchev–Trinajstić information content (AvgIpc) is 2.45. The van der Waals surface area contributed by atoms with Gasteiger partial charge in [0, 0.05) is 38.3 Å². The van der Waals surface area contributed by atoms with E-state index >= 15 is 0 Å². The molecule has 0 aliphatic carbocycles. The van der Waals surface area contributed by atoms with E-state index in [0.29, 0.717) is 26.2 Å². The molecule has 0 radical (unpaired) electrons. The van der Waals surface area contributed by atoms with Crippen molar-refractivity contribution in [2.24, 2.45) is 0 Å². The Kier molecular flexibility index (Phi) is 5.27. The van der Waals surface area contributed by atoms with Crippen LogP contribution in [0.15, 0.2) is 18.2 Å². The van der Waals surface area contributed by atoms with E-state index in [-0.39, 0.29) is 11.6 Å². The van der Waals surface area contributed by atoms with Gasteiger partial charge in [-0.05, 0) is 26.0 Å². The van der Waals surface area contributed by atoms with Gasteiger partial charge in [0.25, 0.3) is 11.6 Å². The fraction of sp³-hybridized carbons (Fsp3) is 0.533.